The number of hydrogen-bond acceptors (Lipinski definition) is 22. The van der Waals surface area contributed by atoms with Gasteiger partial charge in [0.15, 0.2) is 23.3 Å². The van der Waals surface area contributed by atoms with Crippen LogP contribution in [0.15, 0.2) is 170 Å². The number of hydrogen-bond donors (Lipinski definition) is 6. The van der Waals surface area contributed by atoms with Crippen molar-refractivity contribution in [3.05, 3.63) is 192 Å². The predicted octanol–water partition coefficient (Wildman–Crippen LogP) is 5.82. The fourth-order valence-electron chi connectivity index (χ4n) is 14.2. The highest BCUT2D eigenvalue weighted by Gasteiger charge is 2.27. The smallest absolute Gasteiger partial charge is 0.251 e. The number of amides is 4. The summed E-state index contributed by atoms with van der Waals surface area (Å²) < 4.78 is 26.8. The Kier molecular flexibility index (Phi) is 25.0. The number of aromatic amines is 2. The van der Waals surface area contributed by atoms with Gasteiger partial charge in [-0.3, -0.25) is 19.2 Å². The number of quaternary nitrogens is 4. The second kappa shape index (κ2) is 35.8. The number of nitrogens with zero attached hydrogens (tertiary/aromatic N) is 10. The average Bonchev–Trinajstić information content (AvgIpc) is 1.60. The molecular weight excluding hydrogens is 1540 g/mol. The quantitative estimate of drug-likeness (QED) is 0.0199. The number of carboxylic acids is 4. The number of nitrogens with one attached hydrogen (secondary N) is 6. The zero-order valence-corrected chi connectivity index (χ0v) is 67.5. The summed E-state index contributed by atoms with van der Waals surface area (Å²) in [7, 11) is 14.3. The minimum atomic E-state index is -1.15. The molecule has 13 rings (SSSR count). The van der Waals surface area contributed by atoms with Crippen molar-refractivity contribution >= 4 is 91.6 Å². The van der Waals surface area contributed by atoms with E-state index in [2.05, 4.69) is 31.2 Å². The van der Waals surface area contributed by atoms with Gasteiger partial charge in [0.05, 0.1) is 106 Å². The van der Waals surface area contributed by atoms with Crippen LogP contribution in [0.25, 0.3) is 89.7 Å². The van der Waals surface area contributed by atoms with Crippen LogP contribution in [0.3, 0.4) is 0 Å². The Morgan fingerprint density at radius 2 is 0.508 bits per heavy atom. The zero-order valence-electron chi connectivity index (χ0n) is 67.5. The second-order valence-electron chi connectivity index (χ2n) is 32.1. The van der Waals surface area contributed by atoms with Gasteiger partial charge in [-0.1, -0.05) is 0 Å². The van der Waals surface area contributed by atoms with Crippen molar-refractivity contribution in [1.29, 1.82) is 0 Å². The normalized spacial score (nSPS) is 11.9. The molecule has 0 fully saturated rings. The van der Waals surface area contributed by atoms with Gasteiger partial charge in [-0.05, 0) is 170 Å². The molecule has 0 unspecified atom stereocenters. The molecular formula is C88H90N16O16. The van der Waals surface area contributed by atoms with Crippen molar-refractivity contribution in [2.24, 2.45) is 0 Å². The van der Waals surface area contributed by atoms with E-state index in [9.17, 15) is 58.8 Å². The van der Waals surface area contributed by atoms with Crippen LogP contribution in [0.4, 0.5) is 0 Å². The molecule has 11 aromatic rings. The van der Waals surface area contributed by atoms with E-state index in [1.807, 2.05) is 24.3 Å². The third kappa shape index (κ3) is 21.6. The van der Waals surface area contributed by atoms with Crippen molar-refractivity contribution in [3.63, 3.8) is 0 Å². The monoisotopic (exact) mass is 1630 g/mol. The molecule has 8 bridgehead atoms. The zero-order chi connectivity index (χ0) is 85.2. The van der Waals surface area contributed by atoms with E-state index in [4.69, 9.17) is 48.9 Å². The lowest BCUT2D eigenvalue weighted by molar-refractivity contribution is -0.884. The Balaban J connectivity index is 0.877. The summed E-state index contributed by atoms with van der Waals surface area (Å²) in [6, 6.07) is 48.1. The summed E-state index contributed by atoms with van der Waals surface area (Å²) in [4.78, 5) is 137. The maximum atomic E-state index is 13.3. The Bertz CT molecular complexity index is 5590. The number of aromatic nitrogens is 8. The van der Waals surface area contributed by atoms with Crippen molar-refractivity contribution in [2.75, 3.05) is 135 Å². The van der Waals surface area contributed by atoms with Gasteiger partial charge in [0.25, 0.3) is 23.6 Å². The van der Waals surface area contributed by atoms with Gasteiger partial charge in [-0.15, -0.1) is 0 Å². The first-order chi connectivity index (χ1) is 57.2. The van der Waals surface area contributed by atoms with Crippen molar-refractivity contribution in [1.82, 2.24) is 61.1 Å². The number of carbonyl (C=O) groups is 8. The molecule has 8 aromatic carbocycles. The van der Waals surface area contributed by atoms with Crippen LogP contribution < -0.4 is 60.6 Å². The Morgan fingerprint density at radius 3 is 0.767 bits per heavy atom. The molecule has 2 aliphatic heterocycles. The number of benzene rings is 8. The Morgan fingerprint density at radius 1 is 0.283 bits per heavy atom. The predicted molar refractivity (Wildman–Crippen MR) is 437 cm³/mol. The third-order valence-electron chi connectivity index (χ3n) is 20.3. The molecule has 0 spiro atoms. The largest absolute Gasteiger partial charge is 0.544 e. The van der Waals surface area contributed by atoms with E-state index in [0.717, 1.165) is 0 Å². The van der Waals surface area contributed by atoms with Crippen LogP contribution in [0.5, 0.6) is 46.0 Å². The van der Waals surface area contributed by atoms with Crippen molar-refractivity contribution < 1.29 is 95.7 Å². The molecule has 0 radical (unpaired) electrons. The van der Waals surface area contributed by atoms with Gasteiger partial charge < -0.3 is 108 Å². The van der Waals surface area contributed by atoms with Gasteiger partial charge >= 0.3 is 0 Å². The Hall–Kier alpha value is -14.1. The molecule has 2 aliphatic rings. The van der Waals surface area contributed by atoms with Crippen LogP contribution in [-0.2, 0) is 19.2 Å². The summed E-state index contributed by atoms with van der Waals surface area (Å²) in [6.07, 6.45) is 2.15. The second-order valence-corrected chi connectivity index (χ2v) is 32.1. The van der Waals surface area contributed by atoms with Crippen LogP contribution >= 0.6 is 0 Å². The van der Waals surface area contributed by atoms with Crippen LogP contribution in [0.2, 0.25) is 0 Å². The molecule has 32 nitrogen and oxygen atoms in total. The third-order valence-corrected chi connectivity index (χ3v) is 20.3. The van der Waals surface area contributed by atoms with Crippen molar-refractivity contribution in [3.8, 4) is 91.5 Å². The topological polar surface area (TPSA) is 423 Å². The summed E-state index contributed by atoms with van der Waals surface area (Å²) in [6.45, 7) is 2.69. The number of carbonyl (C=O) groups excluding carboxylic acids is 8. The number of H-pyrrole nitrogens is 2. The number of aliphatic carboxylic acids is 4. The van der Waals surface area contributed by atoms with Gasteiger partial charge in [0.1, 0.15) is 94.8 Å². The number of ether oxygens (including phenoxy) is 4. The van der Waals surface area contributed by atoms with E-state index in [0.29, 0.717) is 213 Å². The molecule has 32 heteroatoms. The van der Waals surface area contributed by atoms with Gasteiger partial charge in [0.2, 0.25) is 0 Å². The summed E-state index contributed by atoms with van der Waals surface area (Å²) >= 11 is 0. The fraction of sp³-hybridized carbons (Fsp3) is 0.273. The lowest BCUT2D eigenvalue weighted by Crippen LogP contribution is -2.49. The molecule has 5 heterocycles. The Labute approximate surface area is 689 Å². The molecule has 0 saturated carbocycles. The maximum Gasteiger partial charge on any atom is 0.251 e. The number of rotatable bonds is 36. The van der Waals surface area contributed by atoms with Gasteiger partial charge in [-0.25, -0.2) is 29.9 Å². The SMILES string of the molecule is C[N+](C)(CCCNC(=O)c1ccc(Oc2ccc3c(c2)-c2nc-3nc3[nH]c(nc4nc(nc5[nH]c(n2)c2ccc(Oc6ccc(C(=O)NCCC[N+](C)(C)CC(=O)[O-])cc6)cc52)-c2ccc(Oc5ccc(C(=O)NCCC[N+](C)(C)CC(=O)[O-])cc5)cc2-4)c2ccc(Oc4ccc(C(=O)NCCC[N+](C)(C)CC(=O)[O-])cc4)cc32)cc1)CC(=O)[O-]. The summed E-state index contributed by atoms with van der Waals surface area (Å²) in [5.41, 5.74) is 4.97. The molecule has 0 aliphatic carbocycles. The van der Waals surface area contributed by atoms with Gasteiger partial charge in [-0.2, -0.15) is 0 Å². The summed E-state index contributed by atoms with van der Waals surface area (Å²) in [5.74, 6) is -1.73. The highest BCUT2D eigenvalue weighted by Crippen LogP contribution is 2.42. The molecule has 3 aromatic heterocycles. The van der Waals surface area contributed by atoms with E-state index in [1.54, 1.807) is 202 Å². The van der Waals surface area contributed by atoms with Crippen molar-refractivity contribution in [2.45, 2.75) is 25.7 Å². The molecule has 0 saturated heterocycles. The summed E-state index contributed by atoms with van der Waals surface area (Å²) in [5, 5.41) is 59.0. The van der Waals surface area contributed by atoms with E-state index >= 15 is 0 Å². The first-order valence-electron chi connectivity index (χ1n) is 38.9. The minimum absolute atomic E-state index is 0.156. The van der Waals surface area contributed by atoms with Crippen LogP contribution in [0.1, 0.15) is 67.1 Å². The molecule has 4 amide bonds. The van der Waals surface area contributed by atoms with Crippen LogP contribution in [0, 0.1) is 0 Å². The standard InChI is InChI=1S/C88H90N16O16/c1-101(2,49-73(105)106)41-9-37-89-85(113)53-13-21-57(22-14-53)117-61-29-33-65-69(45-61)81-93-77(65)98-82-71-47-63(119-59-25-17-55(18-26-59)87(115)91-39-11-43-103(5,6)51-75(109)110)31-35-67(71)79(95-82)100-84-72-48-64(120-60-27-19-56(20-28-60)88(116)92-40-12-44-104(7,8)52-76(111)112)32-36-68(72)80(96-84)99-83-70-46-62(30-34-66(70)78(94-83)97-81)118-58-23-15-54(16-24-58)86(114)90-38-10-42-102(3,4)50-74(107)108/h13-36,45-48H,9-12,37-44,49-52H2,1-8H3,(H6-4,89,90,91,92,93,94,95,96,97,98,99,100,105,106,107,108,109,110,111,112,113,114,115,116). The lowest BCUT2D eigenvalue weighted by Gasteiger charge is -2.30. The van der Waals surface area contributed by atoms with E-state index in [1.165, 1.54) is 0 Å². The fourth-order valence-corrected chi connectivity index (χ4v) is 14.2. The maximum absolute atomic E-state index is 13.3. The lowest BCUT2D eigenvalue weighted by atomic mass is 10.1. The van der Waals surface area contributed by atoms with E-state index < -0.39 is 23.9 Å². The molecule has 0 atom stereocenters. The minimum Gasteiger partial charge on any atom is -0.544 e. The highest BCUT2D eigenvalue weighted by molar-refractivity contribution is 6.07. The molecule has 120 heavy (non-hydrogen) atoms. The van der Waals surface area contributed by atoms with Gasteiger partial charge in [0, 0.05) is 118 Å². The van der Waals surface area contributed by atoms with E-state index in [-0.39, 0.29) is 91.0 Å². The number of likely N-dealkylation sites (N-methyl/N-ethyl adjacent to an activating group) is 4. The first-order valence-corrected chi connectivity index (χ1v) is 38.9. The molecule has 618 valence electrons. The molecule has 6 N–H and O–H groups in total. The number of carboxylic acid groups (broad SMARTS) is 4. The first kappa shape index (κ1) is 83.9. The highest BCUT2D eigenvalue weighted by atomic mass is 16.5. The average molecular weight is 1630 g/mol. The number of fused-ring (bicyclic) bond motifs is 20. The van der Waals surface area contributed by atoms with Crippen LogP contribution in [-0.4, -0.2) is 240 Å².